The van der Waals surface area contributed by atoms with Crippen molar-refractivity contribution in [2.45, 2.75) is 12.8 Å². The summed E-state index contributed by atoms with van der Waals surface area (Å²) >= 11 is 0. The van der Waals surface area contributed by atoms with Crippen molar-refractivity contribution in [2.75, 3.05) is 26.2 Å². The zero-order chi connectivity index (χ0) is 15.2. The standard InChI is InChI=1S/C16H18N2O3/c1-2-9-18(12-15(19)20)16(21)17-10-7-13-5-3-4-6-14(13)8-11-17/h1,3-6H,7-12H2,(H,19,20). The molecule has 0 spiro atoms. The first kappa shape index (κ1) is 14.9. The number of carbonyl (C=O) groups is 2. The van der Waals surface area contributed by atoms with Crippen molar-refractivity contribution in [3.05, 3.63) is 35.4 Å². The molecule has 5 heteroatoms. The molecule has 0 bridgehead atoms. The second kappa shape index (κ2) is 6.80. The zero-order valence-corrected chi connectivity index (χ0v) is 11.8. The largest absolute Gasteiger partial charge is 0.480 e. The average molecular weight is 286 g/mol. The molecule has 0 aromatic heterocycles. The molecule has 1 aliphatic rings. The van der Waals surface area contributed by atoms with E-state index in [1.54, 1.807) is 4.90 Å². The second-order valence-corrected chi connectivity index (χ2v) is 4.99. The topological polar surface area (TPSA) is 60.9 Å². The van der Waals surface area contributed by atoms with Gasteiger partial charge in [-0.2, -0.15) is 0 Å². The first-order chi connectivity index (χ1) is 10.1. The molecule has 0 fully saturated rings. The predicted molar refractivity (Wildman–Crippen MR) is 78.9 cm³/mol. The number of carbonyl (C=O) groups excluding carboxylic acids is 1. The molecular weight excluding hydrogens is 268 g/mol. The van der Waals surface area contributed by atoms with Crippen molar-refractivity contribution in [3.63, 3.8) is 0 Å². The van der Waals surface area contributed by atoms with Crippen LogP contribution in [0.1, 0.15) is 11.1 Å². The van der Waals surface area contributed by atoms with Crippen LogP contribution in [0, 0.1) is 12.3 Å². The number of nitrogens with zero attached hydrogens (tertiary/aromatic N) is 2. The summed E-state index contributed by atoms with van der Waals surface area (Å²) in [7, 11) is 0. The molecule has 1 aromatic carbocycles. The van der Waals surface area contributed by atoms with Gasteiger partial charge in [0.05, 0.1) is 6.54 Å². The Hall–Kier alpha value is -2.48. The number of amides is 2. The molecule has 0 saturated heterocycles. The maximum atomic E-state index is 12.4. The van der Waals surface area contributed by atoms with Crippen LogP contribution >= 0.6 is 0 Å². The Morgan fingerprint density at radius 1 is 1.24 bits per heavy atom. The van der Waals surface area contributed by atoms with E-state index < -0.39 is 5.97 Å². The van der Waals surface area contributed by atoms with Gasteiger partial charge in [-0.25, -0.2) is 4.79 Å². The Labute approximate surface area is 124 Å². The van der Waals surface area contributed by atoms with Gasteiger partial charge in [-0.15, -0.1) is 6.42 Å². The number of benzene rings is 1. The van der Waals surface area contributed by atoms with Gasteiger partial charge in [-0.1, -0.05) is 30.2 Å². The number of hydrogen-bond acceptors (Lipinski definition) is 2. The number of urea groups is 1. The molecule has 2 amide bonds. The maximum Gasteiger partial charge on any atom is 0.323 e. The number of terminal acetylenes is 1. The predicted octanol–water partition coefficient (Wildman–Crippen LogP) is 1.23. The van der Waals surface area contributed by atoms with Crippen molar-refractivity contribution in [3.8, 4) is 12.3 Å². The highest BCUT2D eigenvalue weighted by Gasteiger charge is 2.24. The van der Waals surface area contributed by atoms with Crippen LogP contribution in [-0.4, -0.2) is 53.1 Å². The van der Waals surface area contributed by atoms with E-state index >= 15 is 0 Å². The van der Waals surface area contributed by atoms with Gasteiger partial charge >= 0.3 is 12.0 Å². The van der Waals surface area contributed by atoms with Crippen molar-refractivity contribution in [2.24, 2.45) is 0 Å². The molecule has 0 unspecified atom stereocenters. The molecule has 0 radical (unpaired) electrons. The molecule has 0 aliphatic carbocycles. The summed E-state index contributed by atoms with van der Waals surface area (Å²) in [4.78, 5) is 26.1. The summed E-state index contributed by atoms with van der Waals surface area (Å²) in [6.45, 7) is 0.800. The van der Waals surface area contributed by atoms with Crippen molar-refractivity contribution < 1.29 is 14.7 Å². The lowest BCUT2D eigenvalue weighted by Gasteiger charge is -2.27. The van der Waals surface area contributed by atoms with E-state index in [4.69, 9.17) is 11.5 Å². The Kier molecular flexibility index (Phi) is 4.83. The Balaban J connectivity index is 2.06. The Morgan fingerprint density at radius 2 is 1.81 bits per heavy atom. The molecule has 110 valence electrons. The number of fused-ring (bicyclic) bond motifs is 1. The third kappa shape index (κ3) is 3.76. The van der Waals surface area contributed by atoms with Crippen LogP contribution in [0.3, 0.4) is 0 Å². The molecule has 1 N–H and O–H groups in total. The fraction of sp³-hybridized carbons (Fsp3) is 0.375. The number of carboxylic acid groups (broad SMARTS) is 1. The molecular formula is C16H18N2O3. The summed E-state index contributed by atoms with van der Waals surface area (Å²) in [5, 5.41) is 8.87. The van der Waals surface area contributed by atoms with Gasteiger partial charge in [-0.3, -0.25) is 4.79 Å². The number of rotatable bonds is 3. The molecule has 1 aliphatic heterocycles. The molecule has 1 aromatic rings. The fourth-order valence-electron chi connectivity index (χ4n) is 2.52. The first-order valence-corrected chi connectivity index (χ1v) is 6.87. The van der Waals surface area contributed by atoms with Crippen molar-refractivity contribution in [1.29, 1.82) is 0 Å². The van der Waals surface area contributed by atoms with E-state index in [0.717, 1.165) is 12.8 Å². The van der Waals surface area contributed by atoms with Crippen LogP contribution in [0.2, 0.25) is 0 Å². The summed E-state index contributed by atoms with van der Waals surface area (Å²) in [6.07, 6.45) is 6.77. The monoisotopic (exact) mass is 286 g/mol. The molecule has 2 rings (SSSR count). The van der Waals surface area contributed by atoms with Gasteiger partial charge in [0.1, 0.15) is 6.54 Å². The van der Waals surface area contributed by atoms with Crippen molar-refractivity contribution >= 4 is 12.0 Å². The van der Waals surface area contributed by atoms with Crippen molar-refractivity contribution in [1.82, 2.24) is 9.80 Å². The average Bonchev–Trinajstić information content (AvgIpc) is 2.68. The third-order valence-corrected chi connectivity index (χ3v) is 3.57. The Bertz CT molecular complexity index is 550. The molecule has 0 atom stereocenters. The normalized spacial score (nSPS) is 13.8. The van der Waals surface area contributed by atoms with Crippen LogP contribution in [0.25, 0.3) is 0 Å². The van der Waals surface area contributed by atoms with Crippen LogP contribution in [0.15, 0.2) is 24.3 Å². The molecule has 21 heavy (non-hydrogen) atoms. The zero-order valence-electron chi connectivity index (χ0n) is 11.8. The smallest absolute Gasteiger partial charge is 0.323 e. The minimum Gasteiger partial charge on any atom is -0.480 e. The second-order valence-electron chi connectivity index (χ2n) is 4.99. The summed E-state index contributed by atoms with van der Waals surface area (Å²) in [5.74, 6) is 1.28. The van der Waals surface area contributed by atoms with E-state index in [9.17, 15) is 9.59 Å². The number of carboxylic acids is 1. The summed E-state index contributed by atoms with van der Waals surface area (Å²) in [5.41, 5.74) is 2.49. The van der Waals surface area contributed by atoms with E-state index in [1.807, 2.05) is 12.1 Å². The summed E-state index contributed by atoms with van der Waals surface area (Å²) in [6, 6.07) is 7.82. The van der Waals surface area contributed by atoms with Gasteiger partial charge < -0.3 is 14.9 Å². The maximum absolute atomic E-state index is 12.4. The number of hydrogen-bond donors (Lipinski definition) is 1. The minimum absolute atomic E-state index is 0.00851. The first-order valence-electron chi connectivity index (χ1n) is 6.87. The van der Waals surface area contributed by atoms with E-state index in [-0.39, 0.29) is 19.1 Å². The quantitative estimate of drug-likeness (QED) is 0.850. The number of aliphatic carboxylic acids is 1. The summed E-state index contributed by atoms with van der Waals surface area (Å²) < 4.78 is 0. The third-order valence-electron chi connectivity index (χ3n) is 3.57. The van der Waals surface area contributed by atoms with Gasteiger partial charge in [0.2, 0.25) is 0 Å². The Morgan fingerprint density at radius 3 is 2.29 bits per heavy atom. The van der Waals surface area contributed by atoms with Gasteiger partial charge in [-0.05, 0) is 24.0 Å². The molecule has 0 saturated carbocycles. The van der Waals surface area contributed by atoms with E-state index in [0.29, 0.717) is 13.1 Å². The van der Waals surface area contributed by atoms with Crippen LogP contribution in [-0.2, 0) is 17.6 Å². The van der Waals surface area contributed by atoms with Gasteiger partial charge in [0.15, 0.2) is 0 Å². The van der Waals surface area contributed by atoms with Crippen LogP contribution < -0.4 is 0 Å². The fourth-order valence-corrected chi connectivity index (χ4v) is 2.52. The van der Waals surface area contributed by atoms with Gasteiger partial charge in [0, 0.05) is 13.1 Å². The lowest BCUT2D eigenvalue weighted by molar-refractivity contribution is -0.137. The van der Waals surface area contributed by atoms with Crippen LogP contribution in [0.4, 0.5) is 4.79 Å². The highest BCUT2D eigenvalue weighted by molar-refractivity contribution is 5.80. The lowest BCUT2D eigenvalue weighted by Crippen LogP contribution is -2.46. The highest BCUT2D eigenvalue weighted by atomic mass is 16.4. The van der Waals surface area contributed by atoms with Gasteiger partial charge in [0.25, 0.3) is 0 Å². The van der Waals surface area contributed by atoms with E-state index in [2.05, 4.69) is 18.1 Å². The SMILES string of the molecule is C#CCN(CC(=O)O)C(=O)N1CCc2ccccc2CC1. The lowest BCUT2D eigenvalue weighted by atomic mass is 10.0. The highest BCUT2D eigenvalue weighted by Crippen LogP contribution is 2.16. The minimum atomic E-state index is -1.06. The molecule has 1 heterocycles. The molecule has 5 nitrogen and oxygen atoms in total. The van der Waals surface area contributed by atoms with E-state index in [1.165, 1.54) is 16.0 Å². The van der Waals surface area contributed by atoms with Crippen LogP contribution in [0.5, 0.6) is 0 Å².